The summed E-state index contributed by atoms with van der Waals surface area (Å²) in [6.45, 7) is 1.04. The molecule has 8 heteroatoms. The number of hydrogen-bond donors (Lipinski definition) is 1. The Labute approximate surface area is 203 Å². The van der Waals surface area contributed by atoms with Gasteiger partial charge in [0.25, 0.3) is 11.7 Å². The number of likely N-dealkylation sites (tertiary alicyclic amines) is 1. The van der Waals surface area contributed by atoms with Gasteiger partial charge in [-0.3, -0.25) is 14.6 Å². The van der Waals surface area contributed by atoms with Gasteiger partial charge in [0.05, 0.1) is 11.6 Å². The number of aliphatic hydroxyl groups is 1. The van der Waals surface area contributed by atoms with E-state index in [1.54, 1.807) is 42.7 Å². The lowest BCUT2D eigenvalue weighted by Crippen LogP contribution is -2.29. The summed E-state index contributed by atoms with van der Waals surface area (Å²) in [4.78, 5) is 34.0. The molecule has 178 valence electrons. The Morgan fingerprint density at radius 2 is 1.69 bits per heavy atom. The second-order valence-corrected chi connectivity index (χ2v) is 8.63. The number of anilines is 1. The van der Waals surface area contributed by atoms with Crippen molar-refractivity contribution in [2.75, 3.05) is 32.2 Å². The van der Waals surface area contributed by atoms with Crippen LogP contribution in [0.15, 0.2) is 72.6 Å². The van der Waals surface area contributed by atoms with Crippen LogP contribution in [0.1, 0.15) is 22.7 Å². The van der Waals surface area contributed by atoms with Crippen molar-refractivity contribution < 1.29 is 24.2 Å². The van der Waals surface area contributed by atoms with Crippen molar-refractivity contribution in [3.05, 3.63) is 89.3 Å². The minimum absolute atomic E-state index is 0.0401. The largest absolute Gasteiger partial charge is 0.507 e. The highest BCUT2D eigenvalue weighted by molar-refractivity contribution is 6.46. The molecule has 3 heterocycles. The van der Waals surface area contributed by atoms with Gasteiger partial charge in [0, 0.05) is 44.3 Å². The number of carbonyl (C=O) groups excluding carboxylic acids is 2. The fourth-order valence-corrected chi connectivity index (χ4v) is 4.38. The number of Topliss-reactive ketones (excluding diaryl/α,β-unsaturated/α-hetero) is 1. The van der Waals surface area contributed by atoms with Crippen LogP contribution < -0.4 is 14.4 Å². The van der Waals surface area contributed by atoms with Crippen LogP contribution >= 0.6 is 0 Å². The topological polar surface area (TPSA) is 92.2 Å². The van der Waals surface area contributed by atoms with Gasteiger partial charge < -0.3 is 24.4 Å². The number of carbonyl (C=O) groups is 2. The number of ether oxygens (including phenoxy) is 2. The third-order valence-electron chi connectivity index (χ3n) is 6.18. The fourth-order valence-electron chi connectivity index (χ4n) is 4.38. The van der Waals surface area contributed by atoms with E-state index in [1.165, 1.54) is 4.90 Å². The van der Waals surface area contributed by atoms with Gasteiger partial charge in [-0.2, -0.15) is 0 Å². The number of pyridine rings is 1. The summed E-state index contributed by atoms with van der Waals surface area (Å²) in [5.41, 5.74) is 2.95. The summed E-state index contributed by atoms with van der Waals surface area (Å²) in [7, 11) is 3.87. The average molecular weight is 472 g/mol. The standard InChI is InChI=1S/C27H25N3O5/c1-29(2)20-6-3-18(4-7-20)24-23(25(31)19-5-8-21-22(15-19)35-14-13-34-21)26(32)27(33)30(24)16-17-9-11-28-12-10-17/h3-12,15,24,31H,13-14,16H2,1-2H3/t24-/m1/s1. The molecule has 1 amide bonds. The van der Waals surface area contributed by atoms with Gasteiger partial charge in [0.15, 0.2) is 11.5 Å². The zero-order valence-corrected chi connectivity index (χ0v) is 19.5. The molecule has 2 aliphatic rings. The number of ketones is 1. The Balaban J connectivity index is 1.62. The number of benzene rings is 2. The Morgan fingerprint density at radius 1 is 1.00 bits per heavy atom. The molecule has 1 aromatic heterocycles. The number of amides is 1. The predicted molar refractivity (Wildman–Crippen MR) is 130 cm³/mol. The van der Waals surface area contributed by atoms with E-state index in [-0.39, 0.29) is 17.9 Å². The van der Waals surface area contributed by atoms with Gasteiger partial charge in [-0.1, -0.05) is 12.1 Å². The minimum Gasteiger partial charge on any atom is -0.507 e. The van der Waals surface area contributed by atoms with E-state index in [1.807, 2.05) is 43.3 Å². The SMILES string of the molecule is CN(C)c1ccc([C@@H]2C(=C(O)c3ccc4c(c3)OCCO4)C(=O)C(=O)N2Cc2ccncc2)cc1. The molecule has 0 unspecified atom stereocenters. The van der Waals surface area contributed by atoms with Crippen molar-refractivity contribution in [2.24, 2.45) is 0 Å². The summed E-state index contributed by atoms with van der Waals surface area (Å²) < 4.78 is 11.2. The van der Waals surface area contributed by atoms with E-state index in [2.05, 4.69) is 4.98 Å². The van der Waals surface area contributed by atoms with Crippen LogP contribution in [-0.2, 0) is 16.1 Å². The highest BCUT2D eigenvalue weighted by Crippen LogP contribution is 2.42. The molecule has 1 atom stereocenters. The zero-order valence-electron chi connectivity index (χ0n) is 19.5. The van der Waals surface area contributed by atoms with Crippen LogP contribution in [0.4, 0.5) is 5.69 Å². The molecule has 0 spiro atoms. The maximum Gasteiger partial charge on any atom is 0.295 e. The van der Waals surface area contributed by atoms with Gasteiger partial charge in [-0.15, -0.1) is 0 Å². The van der Waals surface area contributed by atoms with E-state index in [0.717, 1.165) is 16.8 Å². The van der Waals surface area contributed by atoms with Gasteiger partial charge in [-0.05, 0) is 53.6 Å². The maximum atomic E-state index is 13.3. The van der Waals surface area contributed by atoms with Crippen LogP contribution in [0.2, 0.25) is 0 Å². The van der Waals surface area contributed by atoms with Crippen molar-refractivity contribution in [3.63, 3.8) is 0 Å². The van der Waals surface area contributed by atoms with Crippen LogP contribution in [0.25, 0.3) is 5.76 Å². The lowest BCUT2D eigenvalue weighted by molar-refractivity contribution is -0.140. The Hall–Kier alpha value is -4.33. The van der Waals surface area contributed by atoms with E-state index in [9.17, 15) is 14.7 Å². The van der Waals surface area contributed by atoms with Crippen LogP contribution in [0.5, 0.6) is 11.5 Å². The second-order valence-electron chi connectivity index (χ2n) is 8.63. The van der Waals surface area contributed by atoms with Crippen molar-refractivity contribution in [2.45, 2.75) is 12.6 Å². The molecule has 2 aromatic carbocycles. The quantitative estimate of drug-likeness (QED) is 0.346. The molecule has 5 rings (SSSR count). The highest BCUT2D eigenvalue weighted by Gasteiger charge is 2.46. The molecule has 35 heavy (non-hydrogen) atoms. The Bertz CT molecular complexity index is 1300. The monoisotopic (exact) mass is 471 g/mol. The van der Waals surface area contributed by atoms with Crippen LogP contribution in [-0.4, -0.2) is 54.0 Å². The first-order valence-electron chi connectivity index (χ1n) is 11.3. The molecule has 0 aliphatic carbocycles. The van der Waals surface area contributed by atoms with E-state index >= 15 is 0 Å². The first-order chi connectivity index (χ1) is 16.9. The van der Waals surface area contributed by atoms with Crippen LogP contribution in [0, 0.1) is 0 Å². The number of aliphatic hydroxyl groups excluding tert-OH is 1. The summed E-state index contributed by atoms with van der Waals surface area (Å²) in [6, 6.07) is 15.4. The normalized spacial score (nSPS) is 18.6. The van der Waals surface area contributed by atoms with Gasteiger partial charge >= 0.3 is 0 Å². The summed E-state index contributed by atoms with van der Waals surface area (Å²) >= 11 is 0. The molecule has 3 aromatic rings. The van der Waals surface area contributed by atoms with Gasteiger partial charge in [0.1, 0.15) is 19.0 Å². The molecule has 0 saturated carbocycles. The van der Waals surface area contributed by atoms with Crippen molar-refractivity contribution in [1.29, 1.82) is 0 Å². The minimum atomic E-state index is -0.757. The molecule has 0 bridgehead atoms. The first kappa shape index (κ1) is 22.5. The maximum absolute atomic E-state index is 13.3. The molecule has 2 aliphatic heterocycles. The Morgan fingerprint density at radius 3 is 2.37 bits per heavy atom. The van der Waals surface area contributed by atoms with Crippen molar-refractivity contribution in [1.82, 2.24) is 9.88 Å². The second kappa shape index (κ2) is 9.13. The smallest absolute Gasteiger partial charge is 0.295 e. The van der Waals surface area contributed by atoms with E-state index < -0.39 is 17.7 Å². The Kier molecular flexibility index (Phi) is 5.86. The van der Waals surface area contributed by atoms with E-state index in [4.69, 9.17) is 9.47 Å². The lowest BCUT2D eigenvalue weighted by Gasteiger charge is -2.26. The van der Waals surface area contributed by atoms with Gasteiger partial charge in [-0.25, -0.2) is 0 Å². The molecule has 1 saturated heterocycles. The summed E-state index contributed by atoms with van der Waals surface area (Å²) in [6.07, 6.45) is 3.28. The third-order valence-corrected chi connectivity index (χ3v) is 6.18. The number of hydrogen-bond acceptors (Lipinski definition) is 7. The lowest BCUT2D eigenvalue weighted by atomic mass is 9.94. The molecular weight excluding hydrogens is 446 g/mol. The zero-order chi connectivity index (χ0) is 24.5. The molecule has 1 N–H and O–H groups in total. The number of fused-ring (bicyclic) bond motifs is 1. The summed E-state index contributed by atoms with van der Waals surface area (Å²) in [5.74, 6) is -0.588. The van der Waals surface area contributed by atoms with E-state index in [0.29, 0.717) is 30.3 Å². The molecule has 1 fully saturated rings. The van der Waals surface area contributed by atoms with Crippen molar-refractivity contribution in [3.8, 4) is 11.5 Å². The van der Waals surface area contributed by atoms with Crippen molar-refractivity contribution >= 4 is 23.1 Å². The van der Waals surface area contributed by atoms with Gasteiger partial charge in [0.2, 0.25) is 0 Å². The highest BCUT2D eigenvalue weighted by atomic mass is 16.6. The average Bonchev–Trinajstić information content (AvgIpc) is 3.13. The molecular formula is C27H25N3O5. The summed E-state index contributed by atoms with van der Waals surface area (Å²) in [5, 5.41) is 11.3. The molecule has 8 nitrogen and oxygen atoms in total. The van der Waals surface area contributed by atoms with Crippen LogP contribution in [0.3, 0.4) is 0 Å². The first-order valence-corrected chi connectivity index (χ1v) is 11.3. The molecule has 0 radical (unpaired) electrons. The number of aromatic nitrogens is 1. The predicted octanol–water partition coefficient (Wildman–Crippen LogP) is 3.54. The number of rotatable bonds is 5. The third kappa shape index (κ3) is 4.19. The number of nitrogens with zero attached hydrogens (tertiary/aromatic N) is 3. The fraction of sp³-hybridized carbons (Fsp3) is 0.222.